The van der Waals surface area contributed by atoms with Crippen LogP contribution in [-0.2, 0) is 4.74 Å². The van der Waals surface area contributed by atoms with Gasteiger partial charge in [-0.25, -0.2) is 0 Å². The van der Waals surface area contributed by atoms with E-state index in [1.165, 1.54) is 4.90 Å². The Labute approximate surface area is 188 Å². The topological polar surface area (TPSA) is 38.7 Å². The van der Waals surface area contributed by atoms with Crippen molar-refractivity contribution in [3.63, 3.8) is 0 Å². The molecule has 0 spiro atoms. The maximum Gasteiger partial charge on any atom is 0.135 e. The van der Waals surface area contributed by atoms with Crippen LogP contribution in [-0.4, -0.2) is 31.0 Å². The molecule has 0 bridgehead atoms. The SMILES string of the molecule is CCCCOCC(O)COc1c2ccccc2cc2ccc(Sc3ccccc3)cc12. The fraction of sp³-hybridized carbons (Fsp3) is 0.259. The number of hydrogen-bond acceptors (Lipinski definition) is 4. The molecule has 0 aliphatic heterocycles. The van der Waals surface area contributed by atoms with Crippen LogP contribution in [0.1, 0.15) is 19.8 Å². The highest BCUT2D eigenvalue weighted by Gasteiger charge is 2.13. The van der Waals surface area contributed by atoms with Gasteiger partial charge in [0.15, 0.2) is 0 Å². The minimum atomic E-state index is -0.659. The van der Waals surface area contributed by atoms with Crippen LogP contribution in [0.2, 0.25) is 0 Å². The summed E-state index contributed by atoms with van der Waals surface area (Å²) in [4.78, 5) is 2.35. The van der Waals surface area contributed by atoms with Crippen LogP contribution >= 0.6 is 11.8 Å². The van der Waals surface area contributed by atoms with Gasteiger partial charge in [-0.2, -0.15) is 0 Å². The Morgan fingerprint density at radius 1 is 0.806 bits per heavy atom. The molecular weight excluding hydrogens is 404 g/mol. The first-order valence-electron chi connectivity index (χ1n) is 10.8. The molecular formula is C27H28O3S. The van der Waals surface area contributed by atoms with Crippen LogP contribution in [0.5, 0.6) is 5.75 Å². The Hall–Kier alpha value is -2.53. The van der Waals surface area contributed by atoms with Crippen molar-refractivity contribution in [3.8, 4) is 5.75 Å². The molecule has 160 valence electrons. The van der Waals surface area contributed by atoms with Crippen LogP contribution in [0.25, 0.3) is 21.5 Å². The minimum Gasteiger partial charge on any atom is -0.489 e. The summed E-state index contributed by atoms with van der Waals surface area (Å²) in [6.45, 7) is 3.28. The smallest absolute Gasteiger partial charge is 0.135 e. The van der Waals surface area contributed by atoms with E-state index in [0.29, 0.717) is 6.61 Å². The Bertz CT molecular complexity index is 1130. The zero-order valence-electron chi connectivity index (χ0n) is 17.8. The summed E-state index contributed by atoms with van der Waals surface area (Å²) in [5, 5.41) is 14.7. The summed E-state index contributed by atoms with van der Waals surface area (Å²) >= 11 is 1.73. The van der Waals surface area contributed by atoms with Gasteiger partial charge in [-0.15, -0.1) is 0 Å². The summed E-state index contributed by atoms with van der Waals surface area (Å²) in [7, 11) is 0. The molecule has 4 aromatic carbocycles. The van der Waals surface area contributed by atoms with E-state index in [-0.39, 0.29) is 13.2 Å². The van der Waals surface area contributed by atoms with Gasteiger partial charge in [0.2, 0.25) is 0 Å². The number of rotatable bonds is 10. The molecule has 0 fully saturated rings. The lowest BCUT2D eigenvalue weighted by molar-refractivity contribution is 0.0119. The number of aliphatic hydroxyl groups is 1. The molecule has 0 amide bonds. The summed E-state index contributed by atoms with van der Waals surface area (Å²) in [5.41, 5.74) is 0. The Morgan fingerprint density at radius 2 is 1.58 bits per heavy atom. The minimum absolute atomic E-state index is 0.200. The number of fused-ring (bicyclic) bond motifs is 2. The Kier molecular flexibility index (Phi) is 7.47. The van der Waals surface area contributed by atoms with Crippen molar-refractivity contribution < 1.29 is 14.6 Å². The van der Waals surface area contributed by atoms with E-state index in [4.69, 9.17) is 9.47 Å². The molecule has 0 aromatic heterocycles. The molecule has 0 heterocycles. The lowest BCUT2D eigenvalue weighted by Gasteiger charge is -2.17. The number of unbranched alkanes of at least 4 members (excludes halogenated alkanes) is 1. The van der Waals surface area contributed by atoms with Gasteiger partial charge in [0.25, 0.3) is 0 Å². The molecule has 0 radical (unpaired) electrons. The van der Waals surface area contributed by atoms with Gasteiger partial charge in [-0.05, 0) is 47.5 Å². The van der Waals surface area contributed by atoms with E-state index >= 15 is 0 Å². The van der Waals surface area contributed by atoms with Gasteiger partial charge in [0.05, 0.1) is 6.61 Å². The Morgan fingerprint density at radius 3 is 2.42 bits per heavy atom. The summed E-state index contributed by atoms with van der Waals surface area (Å²) in [6.07, 6.45) is 1.43. The van der Waals surface area contributed by atoms with E-state index in [0.717, 1.165) is 45.0 Å². The monoisotopic (exact) mass is 432 g/mol. The molecule has 4 aromatic rings. The molecule has 31 heavy (non-hydrogen) atoms. The van der Waals surface area contributed by atoms with Crippen molar-refractivity contribution in [1.82, 2.24) is 0 Å². The van der Waals surface area contributed by atoms with Gasteiger partial charge in [0.1, 0.15) is 18.5 Å². The molecule has 3 nitrogen and oxygen atoms in total. The Balaban J connectivity index is 1.62. The van der Waals surface area contributed by atoms with Crippen LogP contribution in [0, 0.1) is 0 Å². The highest BCUT2D eigenvalue weighted by molar-refractivity contribution is 7.99. The van der Waals surface area contributed by atoms with E-state index in [1.807, 2.05) is 18.2 Å². The predicted octanol–water partition coefficient (Wildman–Crippen LogP) is 6.70. The lowest BCUT2D eigenvalue weighted by Crippen LogP contribution is -2.23. The predicted molar refractivity (Wildman–Crippen MR) is 129 cm³/mol. The standard InChI is InChI=1S/C27H28O3S/c1-2-3-15-29-18-22(28)19-30-27-25-12-8-7-9-20(25)16-21-13-14-24(17-26(21)27)31-23-10-5-4-6-11-23/h4-14,16-17,22,28H,2-3,15,18-19H2,1H3. The molecule has 4 heteroatoms. The number of ether oxygens (including phenoxy) is 2. The van der Waals surface area contributed by atoms with Crippen LogP contribution in [0.15, 0.2) is 88.7 Å². The third-order valence-electron chi connectivity index (χ3n) is 5.14. The number of benzene rings is 4. The first-order valence-corrected chi connectivity index (χ1v) is 11.6. The average Bonchev–Trinajstić information content (AvgIpc) is 2.80. The van der Waals surface area contributed by atoms with Gasteiger partial charge >= 0.3 is 0 Å². The van der Waals surface area contributed by atoms with Crippen molar-refractivity contribution in [2.24, 2.45) is 0 Å². The quantitative estimate of drug-likeness (QED) is 0.223. The molecule has 1 unspecified atom stereocenters. The molecule has 1 N–H and O–H groups in total. The maximum atomic E-state index is 10.3. The highest BCUT2D eigenvalue weighted by Crippen LogP contribution is 2.38. The van der Waals surface area contributed by atoms with Gasteiger partial charge in [-0.1, -0.05) is 73.6 Å². The molecule has 1 atom stereocenters. The zero-order valence-corrected chi connectivity index (χ0v) is 18.6. The van der Waals surface area contributed by atoms with E-state index in [9.17, 15) is 5.11 Å². The fourth-order valence-corrected chi connectivity index (χ4v) is 4.42. The highest BCUT2D eigenvalue weighted by atomic mass is 32.2. The van der Waals surface area contributed by atoms with Crippen molar-refractivity contribution in [3.05, 3.63) is 78.9 Å². The normalized spacial score (nSPS) is 12.3. The average molecular weight is 433 g/mol. The van der Waals surface area contributed by atoms with Gasteiger partial charge in [0, 0.05) is 27.2 Å². The van der Waals surface area contributed by atoms with E-state index in [1.54, 1.807) is 11.8 Å². The third-order valence-corrected chi connectivity index (χ3v) is 6.13. The second-order valence-electron chi connectivity index (χ2n) is 7.62. The van der Waals surface area contributed by atoms with Gasteiger partial charge < -0.3 is 14.6 Å². The molecule has 0 saturated heterocycles. The molecule has 0 aliphatic rings. The first kappa shape index (κ1) is 21.7. The molecule has 4 rings (SSSR count). The summed E-state index contributed by atoms with van der Waals surface area (Å²) in [5.74, 6) is 0.816. The number of hydrogen-bond donors (Lipinski definition) is 1. The number of aliphatic hydroxyl groups excluding tert-OH is 1. The van der Waals surface area contributed by atoms with E-state index < -0.39 is 6.10 Å². The lowest BCUT2D eigenvalue weighted by atomic mass is 10.0. The molecule has 0 saturated carbocycles. The second kappa shape index (κ2) is 10.7. The zero-order chi connectivity index (χ0) is 21.5. The van der Waals surface area contributed by atoms with Crippen molar-refractivity contribution in [2.75, 3.05) is 19.8 Å². The van der Waals surface area contributed by atoms with Gasteiger partial charge in [-0.3, -0.25) is 0 Å². The van der Waals surface area contributed by atoms with Crippen molar-refractivity contribution in [1.29, 1.82) is 0 Å². The van der Waals surface area contributed by atoms with Crippen LogP contribution in [0.4, 0.5) is 0 Å². The maximum absolute atomic E-state index is 10.3. The largest absolute Gasteiger partial charge is 0.489 e. The first-order chi connectivity index (χ1) is 15.2. The summed E-state index contributed by atoms with van der Waals surface area (Å²) in [6, 6.07) is 27.2. The second-order valence-corrected chi connectivity index (χ2v) is 8.77. The van der Waals surface area contributed by atoms with E-state index in [2.05, 4.69) is 67.6 Å². The van der Waals surface area contributed by atoms with Crippen molar-refractivity contribution >= 4 is 33.3 Å². The van der Waals surface area contributed by atoms with Crippen LogP contribution < -0.4 is 4.74 Å². The van der Waals surface area contributed by atoms with Crippen LogP contribution in [0.3, 0.4) is 0 Å². The molecule has 0 aliphatic carbocycles. The fourth-order valence-electron chi connectivity index (χ4n) is 3.54. The van der Waals surface area contributed by atoms with Crippen molar-refractivity contribution in [2.45, 2.75) is 35.7 Å². The summed E-state index contributed by atoms with van der Waals surface area (Å²) < 4.78 is 11.8. The third kappa shape index (κ3) is 5.59.